The van der Waals surface area contributed by atoms with E-state index in [4.69, 9.17) is 0 Å². The minimum Gasteiger partial charge on any atom is -0.336 e. The summed E-state index contributed by atoms with van der Waals surface area (Å²) in [6.07, 6.45) is 2.36. The quantitative estimate of drug-likeness (QED) is 0.755. The number of aryl methyl sites for hydroxylation is 1. The fourth-order valence-electron chi connectivity index (χ4n) is 1.80. The van der Waals surface area contributed by atoms with Crippen molar-refractivity contribution in [3.63, 3.8) is 0 Å². The van der Waals surface area contributed by atoms with E-state index in [9.17, 15) is 4.79 Å². The van der Waals surface area contributed by atoms with Gasteiger partial charge in [-0.1, -0.05) is 0 Å². The van der Waals surface area contributed by atoms with Crippen LogP contribution in [-0.4, -0.2) is 25.2 Å². The lowest BCUT2D eigenvalue weighted by atomic mass is 10.2. The zero-order valence-electron chi connectivity index (χ0n) is 9.38. The molecule has 1 fully saturated rings. The number of thiophene rings is 1. The predicted octanol–water partition coefficient (Wildman–Crippen LogP) is 1.93. The molecule has 0 bridgehead atoms. The number of anilines is 1. The SMILES string of the molecule is Cc1ccc(NC(=O)NCC2CCCN2)s1. The number of rotatable bonds is 3. The van der Waals surface area contributed by atoms with Gasteiger partial charge in [0.05, 0.1) is 5.00 Å². The van der Waals surface area contributed by atoms with Crippen molar-refractivity contribution in [2.24, 2.45) is 0 Å². The Morgan fingerprint density at radius 3 is 3.12 bits per heavy atom. The first-order valence-corrected chi connectivity index (χ1v) is 6.40. The number of carbonyl (C=O) groups excluding carboxylic acids is 1. The Labute approximate surface area is 99.4 Å². The van der Waals surface area contributed by atoms with Crippen molar-refractivity contribution in [1.29, 1.82) is 0 Å². The second-order valence-electron chi connectivity index (χ2n) is 4.04. The highest BCUT2D eigenvalue weighted by molar-refractivity contribution is 7.16. The molecule has 0 saturated carbocycles. The summed E-state index contributed by atoms with van der Waals surface area (Å²) >= 11 is 1.59. The normalized spacial score (nSPS) is 19.7. The number of carbonyl (C=O) groups is 1. The summed E-state index contributed by atoms with van der Waals surface area (Å²) in [5, 5.41) is 9.94. The minimum absolute atomic E-state index is 0.115. The molecular formula is C11H17N3OS. The van der Waals surface area contributed by atoms with Crippen LogP contribution in [0.15, 0.2) is 12.1 Å². The summed E-state index contributed by atoms with van der Waals surface area (Å²) in [5.41, 5.74) is 0. The molecule has 1 aliphatic heterocycles. The van der Waals surface area contributed by atoms with Crippen molar-refractivity contribution in [3.8, 4) is 0 Å². The molecule has 1 unspecified atom stereocenters. The van der Waals surface area contributed by atoms with Crippen LogP contribution >= 0.6 is 11.3 Å². The van der Waals surface area contributed by atoms with Crippen LogP contribution in [0.25, 0.3) is 0 Å². The summed E-state index contributed by atoms with van der Waals surface area (Å²) in [4.78, 5) is 12.7. The van der Waals surface area contributed by atoms with E-state index in [-0.39, 0.29) is 6.03 Å². The van der Waals surface area contributed by atoms with Crippen molar-refractivity contribution in [3.05, 3.63) is 17.0 Å². The van der Waals surface area contributed by atoms with E-state index in [1.165, 1.54) is 11.3 Å². The zero-order valence-corrected chi connectivity index (χ0v) is 10.2. The highest BCUT2D eigenvalue weighted by Gasteiger charge is 2.14. The Hall–Kier alpha value is -1.07. The largest absolute Gasteiger partial charge is 0.336 e. The maximum Gasteiger partial charge on any atom is 0.319 e. The molecule has 5 heteroatoms. The third kappa shape index (κ3) is 3.21. The molecule has 2 heterocycles. The van der Waals surface area contributed by atoms with Gasteiger partial charge in [0.15, 0.2) is 0 Å². The van der Waals surface area contributed by atoms with Gasteiger partial charge in [0.2, 0.25) is 0 Å². The Kier molecular flexibility index (Phi) is 3.79. The van der Waals surface area contributed by atoms with Crippen molar-refractivity contribution < 1.29 is 4.79 Å². The van der Waals surface area contributed by atoms with Crippen LogP contribution in [0.5, 0.6) is 0 Å². The topological polar surface area (TPSA) is 53.2 Å². The van der Waals surface area contributed by atoms with Gasteiger partial charge in [0, 0.05) is 17.5 Å². The Bertz CT molecular complexity index is 358. The first-order chi connectivity index (χ1) is 7.74. The number of hydrogen-bond donors (Lipinski definition) is 3. The molecule has 0 spiro atoms. The van der Waals surface area contributed by atoms with Gasteiger partial charge < -0.3 is 10.6 Å². The standard InChI is InChI=1S/C11H17N3OS/c1-8-4-5-10(16-8)14-11(15)13-7-9-3-2-6-12-9/h4-5,9,12H,2-3,6-7H2,1H3,(H2,13,14,15). The summed E-state index contributed by atoms with van der Waals surface area (Å²) in [6.45, 7) is 3.80. The monoisotopic (exact) mass is 239 g/mol. The van der Waals surface area contributed by atoms with Gasteiger partial charge in [-0.2, -0.15) is 0 Å². The maximum absolute atomic E-state index is 11.5. The molecule has 1 atom stereocenters. The van der Waals surface area contributed by atoms with Gasteiger partial charge in [-0.25, -0.2) is 4.79 Å². The van der Waals surface area contributed by atoms with E-state index in [1.807, 2.05) is 19.1 Å². The molecule has 0 aliphatic carbocycles. The van der Waals surface area contributed by atoms with Gasteiger partial charge in [0.1, 0.15) is 0 Å². The molecule has 1 aliphatic rings. The predicted molar refractivity (Wildman–Crippen MR) is 67.1 cm³/mol. The van der Waals surface area contributed by atoms with Crippen LogP contribution in [0.3, 0.4) is 0 Å². The van der Waals surface area contributed by atoms with E-state index in [0.717, 1.165) is 18.0 Å². The summed E-state index contributed by atoms with van der Waals surface area (Å²) in [7, 11) is 0. The maximum atomic E-state index is 11.5. The first-order valence-electron chi connectivity index (χ1n) is 5.59. The van der Waals surface area contributed by atoms with Gasteiger partial charge in [-0.05, 0) is 38.4 Å². The van der Waals surface area contributed by atoms with Gasteiger partial charge in [0.25, 0.3) is 0 Å². The third-order valence-corrected chi connectivity index (χ3v) is 3.56. The molecule has 3 N–H and O–H groups in total. The summed E-state index contributed by atoms with van der Waals surface area (Å²) in [6, 6.07) is 4.25. The number of nitrogens with one attached hydrogen (secondary N) is 3. The average molecular weight is 239 g/mol. The van der Waals surface area contributed by atoms with Crippen LogP contribution in [0.4, 0.5) is 9.80 Å². The highest BCUT2D eigenvalue weighted by Crippen LogP contribution is 2.20. The fourth-order valence-corrected chi connectivity index (χ4v) is 2.57. The van der Waals surface area contributed by atoms with Crippen molar-refractivity contribution >= 4 is 22.4 Å². The van der Waals surface area contributed by atoms with E-state index in [1.54, 1.807) is 11.3 Å². The van der Waals surface area contributed by atoms with Crippen LogP contribution < -0.4 is 16.0 Å². The number of urea groups is 1. The lowest BCUT2D eigenvalue weighted by Crippen LogP contribution is -2.39. The third-order valence-electron chi connectivity index (χ3n) is 2.65. The van der Waals surface area contributed by atoms with Crippen LogP contribution in [0.2, 0.25) is 0 Å². The highest BCUT2D eigenvalue weighted by atomic mass is 32.1. The smallest absolute Gasteiger partial charge is 0.319 e. The summed E-state index contributed by atoms with van der Waals surface area (Å²) < 4.78 is 0. The molecule has 88 valence electrons. The Balaban J connectivity index is 1.71. The van der Waals surface area contributed by atoms with Gasteiger partial charge in [-0.3, -0.25) is 5.32 Å². The minimum atomic E-state index is -0.115. The molecular weight excluding hydrogens is 222 g/mol. The van der Waals surface area contributed by atoms with Gasteiger partial charge >= 0.3 is 6.03 Å². The molecule has 0 radical (unpaired) electrons. The van der Waals surface area contributed by atoms with Crippen molar-refractivity contribution in [1.82, 2.24) is 10.6 Å². The van der Waals surface area contributed by atoms with E-state index in [0.29, 0.717) is 12.6 Å². The lowest BCUT2D eigenvalue weighted by molar-refractivity contribution is 0.251. The first kappa shape index (κ1) is 11.4. The van der Waals surface area contributed by atoms with Crippen LogP contribution in [0, 0.1) is 6.92 Å². The van der Waals surface area contributed by atoms with Crippen LogP contribution in [-0.2, 0) is 0 Å². The molecule has 2 rings (SSSR count). The molecule has 1 aromatic rings. The molecule has 16 heavy (non-hydrogen) atoms. The molecule has 4 nitrogen and oxygen atoms in total. The van der Waals surface area contributed by atoms with Crippen LogP contribution in [0.1, 0.15) is 17.7 Å². The number of amides is 2. The Morgan fingerprint density at radius 2 is 2.50 bits per heavy atom. The average Bonchev–Trinajstić information content (AvgIpc) is 2.87. The number of hydrogen-bond acceptors (Lipinski definition) is 3. The molecule has 2 amide bonds. The van der Waals surface area contributed by atoms with Crippen molar-refractivity contribution in [2.75, 3.05) is 18.4 Å². The van der Waals surface area contributed by atoms with Gasteiger partial charge in [-0.15, -0.1) is 11.3 Å². The zero-order chi connectivity index (χ0) is 11.4. The van der Waals surface area contributed by atoms with E-state index in [2.05, 4.69) is 16.0 Å². The summed E-state index contributed by atoms with van der Waals surface area (Å²) in [5.74, 6) is 0. The molecule has 0 aromatic carbocycles. The second-order valence-corrected chi connectivity index (χ2v) is 5.33. The molecule has 1 saturated heterocycles. The van der Waals surface area contributed by atoms with E-state index < -0.39 is 0 Å². The second kappa shape index (κ2) is 5.32. The molecule has 1 aromatic heterocycles. The van der Waals surface area contributed by atoms with Crippen molar-refractivity contribution in [2.45, 2.75) is 25.8 Å². The lowest BCUT2D eigenvalue weighted by Gasteiger charge is -2.11. The fraction of sp³-hybridized carbons (Fsp3) is 0.545. The van der Waals surface area contributed by atoms with E-state index >= 15 is 0 Å². The Morgan fingerprint density at radius 1 is 1.62 bits per heavy atom.